The molecule has 0 fully saturated rings. The molecule has 48 heavy (non-hydrogen) atoms. The summed E-state index contributed by atoms with van der Waals surface area (Å²) in [6, 6.07) is 55.1. The maximum Gasteiger partial charge on any atom is 0.159 e. The Bertz CT molecular complexity index is 2770. The molecule has 0 aliphatic carbocycles. The minimum atomic E-state index is 0.781. The van der Waals surface area contributed by atoms with Gasteiger partial charge in [0.1, 0.15) is 0 Å². The van der Waals surface area contributed by atoms with E-state index in [2.05, 4.69) is 162 Å². The lowest BCUT2D eigenvalue weighted by Crippen LogP contribution is -1.91. The molecule has 0 N–H and O–H groups in total. The molecule has 6 aromatic carbocycles. The normalized spacial score (nSPS) is 11.9. The molecule has 3 nitrogen and oxygen atoms in total. The summed E-state index contributed by atoms with van der Waals surface area (Å²) in [6.07, 6.45) is 1.82. The molecule has 10 aromatic rings. The van der Waals surface area contributed by atoms with E-state index >= 15 is 0 Å². The van der Waals surface area contributed by atoms with E-state index in [-0.39, 0.29) is 0 Å². The van der Waals surface area contributed by atoms with Gasteiger partial charge in [0, 0.05) is 38.8 Å². The second kappa shape index (κ2) is 10.3. The van der Waals surface area contributed by atoms with Gasteiger partial charge < -0.3 is 4.40 Å². The minimum Gasteiger partial charge on any atom is -0.308 e. The molecule has 0 bridgehead atoms. The minimum absolute atomic E-state index is 0.781. The highest BCUT2D eigenvalue weighted by Crippen LogP contribution is 2.45. The van der Waals surface area contributed by atoms with Crippen LogP contribution in [0.1, 0.15) is 5.69 Å². The lowest BCUT2D eigenvalue weighted by Gasteiger charge is -2.12. The van der Waals surface area contributed by atoms with Crippen LogP contribution < -0.4 is 0 Å². The van der Waals surface area contributed by atoms with E-state index in [4.69, 9.17) is 4.98 Å². The predicted octanol–water partition coefficient (Wildman–Crippen LogP) is 11.8. The zero-order valence-corrected chi connectivity index (χ0v) is 26.4. The summed E-state index contributed by atoms with van der Waals surface area (Å²) >= 11 is 0. The van der Waals surface area contributed by atoms with Crippen molar-refractivity contribution in [3.05, 3.63) is 164 Å². The molecule has 0 saturated carbocycles. The van der Waals surface area contributed by atoms with Crippen LogP contribution in [0.2, 0.25) is 0 Å². The highest BCUT2D eigenvalue weighted by molar-refractivity contribution is 6.28. The van der Waals surface area contributed by atoms with E-state index < -0.39 is 0 Å². The van der Waals surface area contributed by atoms with Gasteiger partial charge in [0.05, 0.1) is 16.6 Å². The van der Waals surface area contributed by atoms with Gasteiger partial charge in [-0.25, -0.2) is 9.97 Å². The molecule has 10 rings (SSSR count). The van der Waals surface area contributed by atoms with Gasteiger partial charge in [0.2, 0.25) is 0 Å². The quantitative estimate of drug-likeness (QED) is 0.198. The van der Waals surface area contributed by atoms with Gasteiger partial charge in [-0.3, -0.25) is 0 Å². The fourth-order valence-corrected chi connectivity index (χ4v) is 7.71. The molecule has 0 radical (unpaired) electrons. The summed E-state index contributed by atoms with van der Waals surface area (Å²) < 4.78 is 2.47. The number of rotatable bonds is 4. The Morgan fingerprint density at radius 3 is 1.83 bits per heavy atom. The summed E-state index contributed by atoms with van der Waals surface area (Å²) in [5.41, 5.74) is 15.1. The van der Waals surface area contributed by atoms with Crippen molar-refractivity contribution < 1.29 is 0 Å². The van der Waals surface area contributed by atoms with E-state index in [0.717, 1.165) is 16.7 Å². The zero-order chi connectivity index (χ0) is 31.8. The molecule has 0 aliphatic rings. The fourth-order valence-electron chi connectivity index (χ4n) is 7.71. The number of pyridine rings is 2. The largest absolute Gasteiger partial charge is 0.308 e. The van der Waals surface area contributed by atoms with Crippen molar-refractivity contribution in [2.24, 2.45) is 0 Å². The van der Waals surface area contributed by atoms with Crippen LogP contribution >= 0.6 is 0 Å². The number of hydrogen-bond donors (Lipinski definition) is 0. The van der Waals surface area contributed by atoms with Crippen LogP contribution in [-0.4, -0.2) is 14.4 Å². The number of benzene rings is 6. The van der Waals surface area contributed by atoms with E-state index in [1.54, 1.807) is 0 Å². The summed E-state index contributed by atoms with van der Waals surface area (Å²) in [4.78, 5) is 9.36. The second-order valence-electron chi connectivity index (χ2n) is 12.7. The molecule has 0 aliphatic heterocycles. The zero-order valence-electron chi connectivity index (χ0n) is 26.4. The van der Waals surface area contributed by atoms with Crippen molar-refractivity contribution >= 4 is 49.1 Å². The second-order valence-corrected chi connectivity index (χ2v) is 12.7. The standard InChI is InChI=1S/C45H29N3/c1-28-23-39(37-16-10-22-46-45(37)47-28)35-19-20-36-40-27-31(18-21-42(40)48-41-17-9-8-15-38(41)43(35)44(36)48)34-25-32(29-11-4-2-5-12-29)24-33(26-34)30-13-6-3-7-14-30/h2-27H,1H3. The fraction of sp³-hybridized carbons (Fsp3) is 0.0222. The Hall–Kier alpha value is -6.32. The third-order valence-electron chi connectivity index (χ3n) is 9.83. The highest BCUT2D eigenvalue weighted by Gasteiger charge is 2.22. The molecule has 224 valence electrons. The molecule has 0 saturated heterocycles. The molecule has 3 heteroatoms. The van der Waals surface area contributed by atoms with Crippen molar-refractivity contribution in [3.8, 4) is 44.5 Å². The van der Waals surface area contributed by atoms with Crippen LogP contribution in [0.4, 0.5) is 0 Å². The van der Waals surface area contributed by atoms with E-state index in [9.17, 15) is 0 Å². The lowest BCUT2D eigenvalue weighted by atomic mass is 9.92. The third kappa shape index (κ3) is 4.01. The van der Waals surface area contributed by atoms with Gasteiger partial charge in [-0.2, -0.15) is 0 Å². The van der Waals surface area contributed by atoms with Gasteiger partial charge >= 0.3 is 0 Å². The molecule has 0 unspecified atom stereocenters. The lowest BCUT2D eigenvalue weighted by molar-refractivity contribution is 1.20. The Kier molecular flexibility index (Phi) is 5.79. The van der Waals surface area contributed by atoms with Crippen LogP contribution in [0, 0.1) is 6.92 Å². The summed E-state index contributed by atoms with van der Waals surface area (Å²) in [6.45, 7) is 2.05. The number of nitrogens with zero attached hydrogens (tertiary/aromatic N) is 3. The summed E-state index contributed by atoms with van der Waals surface area (Å²) in [5.74, 6) is 0. The first-order chi connectivity index (χ1) is 23.7. The average molecular weight is 612 g/mol. The first kappa shape index (κ1) is 26.9. The molecule has 0 spiro atoms. The van der Waals surface area contributed by atoms with Crippen molar-refractivity contribution in [2.45, 2.75) is 6.92 Å². The van der Waals surface area contributed by atoms with Crippen molar-refractivity contribution in [3.63, 3.8) is 0 Å². The molecule has 4 heterocycles. The molecule has 4 aromatic heterocycles. The van der Waals surface area contributed by atoms with Crippen LogP contribution in [0.25, 0.3) is 93.6 Å². The topological polar surface area (TPSA) is 30.2 Å². The van der Waals surface area contributed by atoms with Crippen LogP contribution in [0.3, 0.4) is 0 Å². The van der Waals surface area contributed by atoms with Crippen molar-refractivity contribution in [1.82, 2.24) is 14.4 Å². The maximum atomic E-state index is 4.74. The smallest absolute Gasteiger partial charge is 0.159 e. The summed E-state index contributed by atoms with van der Waals surface area (Å²) in [7, 11) is 0. The Morgan fingerprint density at radius 2 is 1.08 bits per heavy atom. The maximum absolute atomic E-state index is 4.74. The van der Waals surface area contributed by atoms with Crippen molar-refractivity contribution in [1.29, 1.82) is 0 Å². The molecule has 0 atom stereocenters. The van der Waals surface area contributed by atoms with Gasteiger partial charge in [-0.15, -0.1) is 0 Å². The Labute approximate surface area is 277 Å². The molecular weight excluding hydrogens is 583 g/mol. The van der Waals surface area contributed by atoms with Gasteiger partial charge in [0.15, 0.2) is 5.65 Å². The number of para-hydroxylation sites is 1. The van der Waals surface area contributed by atoms with E-state index in [1.807, 2.05) is 12.3 Å². The van der Waals surface area contributed by atoms with E-state index in [1.165, 1.54) is 82.6 Å². The molecular formula is C45H29N3. The predicted molar refractivity (Wildman–Crippen MR) is 201 cm³/mol. The Morgan fingerprint density at radius 1 is 0.438 bits per heavy atom. The number of hydrogen-bond acceptors (Lipinski definition) is 2. The third-order valence-corrected chi connectivity index (χ3v) is 9.83. The SMILES string of the molecule is Cc1cc(-c2ccc3c4cc(-c5cc(-c6ccccc6)cc(-c6ccccc6)c5)ccc4n4c5ccccc5c2c34)c2cccnc2n1. The van der Waals surface area contributed by atoms with Crippen LogP contribution in [0.5, 0.6) is 0 Å². The Balaban J connectivity index is 1.25. The average Bonchev–Trinajstić information content (AvgIpc) is 3.67. The number of fused-ring (bicyclic) bond motifs is 7. The van der Waals surface area contributed by atoms with Crippen molar-refractivity contribution in [2.75, 3.05) is 0 Å². The first-order valence-electron chi connectivity index (χ1n) is 16.4. The van der Waals surface area contributed by atoms with Crippen LogP contribution in [-0.2, 0) is 0 Å². The number of aryl methyl sites for hydroxylation is 1. The van der Waals surface area contributed by atoms with Gasteiger partial charge in [-0.1, -0.05) is 97.1 Å². The van der Waals surface area contributed by atoms with Crippen LogP contribution in [0.15, 0.2) is 158 Å². The highest BCUT2D eigenvalue weighted by atomic mass is 14.9. The first-order valence-corrected chi connectivity index (χ1v) is 16.4. The van der Waals surface area contributed by atoms with Gasteiger partial charge in [0.25, 0.3) is 0 Å². The van der Waals surface area contributed by atoms with E-state index in [0.29, 0.717) is 0 Å². The summed E-state index contributed by atoms with van der Waals surface area (Å²) in [5, 5.41) is 6.12. The van der Waals surface area contributed by atoms with Gasteiger partial charge in [-0.05, 0) is 106 Å². The monoisotopic (exact) mass is 611 g/mol. The number of aromatic nitrogens is 3. The molecule has 0 amide bonds.